The quantitative estimate of drug-likeness (QED) is 0.725. The van der Waals surface area contributed by atoms with Crippen LogP contribution in [0.3, 0.4) is 0 Å². The molecule has 0 saturated carbocycles. The molecule has 0 aromatic heterocycles. The topological polar surface area (TPSA) is 60.4 Å². The van der Waals surface area contributed by atoms with Gasteiger partial charge in [-0.25, -0.2) is 0 Å². The Balaban J connectivity index is 2.84. The number of hydrogen-bond acceptors (Lipinski definition) is 3. The molecule has 0 bridgehead atoms. The molecule has 0 saturated heterocycles. The highest BCUT2D eigenvalue weighted by Gasteiger charge is 2.01. The first-order valence-corrected chi connectivity index (χ1v) is 5.07. The summed E-state index contributed by atoms with van der Waals surface area (Å²) in [5.74, 6) is 0.0652. The van der Waals surface area contributed by atoms with Gasteiger partial charge in [-0.15, -0.1) is 0 Å². The first-order valence-electron chi connectivity index (χ1n) is 3.99. The molecule has 0 radical (unpaired) electrons. The Kier molecular flexibility index (Phi) is 2.23. The summed E-state index contributed by atoms with van der Waals surface area (Å²) in [6.45, 7) is 0. The maximum Gasteiger partial charge on any atom is 0.116 e. The third-order valence-electron chi connectivity index (χ3n) is 2.01. The van der Waals surface area contributed by atoms with Gasteiger partial charge in [0.1, 0.15) is 5.75 Å². The maximum atomic E-state index is 10.8. The van der Waals surface area contributed by atoms with E-state index in [1.54, 1.807) is 18.2 Å². The molecule has 14 heavy (non-hydrogen) atoms. The molecule has 3 nitrogen and oxygen atoms in total. The first-order chi connectivity index (χ1) is 6.68. The van der Waals surface area contributed by atoms with E-state index in [0.29, 0.717) is 5.39 Å². The monoisotopic (exact) mass is 207 g/mol. The highest BCUT2D eigenvalue weighted by Crippen LogP contribution is 2.24. The van der Waals surface area contributed by atoms with E-state index in [-0.39, 0.29) is 10.6 Å². The van der Waals surface area contributed by atoms with Crippen molar-refractivity contribution in [3.8, 4) is 5.75 Å². The van der Waals surface area contributed by atoms with Gasteiger partial charge in [0.05, 0.1) is 0 Å². The van der Waals surface area contributed by atoms with Gasteiger partial charge in [0, 0.05) is 10.3 Å². The number of rotatable bonds is 1. The van der Waals surface area contributed by atoms with E-state index < -0.39 is 11.1 Å². The second-order valence-corrected chi connectivity index (χ2v) is 3.81. The zero-order valence-electron chi connectivity index (χ0n) is 7.14. The van der Waals surface area contributed by atoms with Crippen LogP contribution in [0.4, 0.5) is 0 Å². The largest absolute Gasteiger partial charge is 0.768 e. The minimum atomic E-state index is -2.27. The van der Waals surface area contributed by atoms with Crippen LogP contribution in [-0.2, 0) is 11.1 Å². The lowest BCUT2D eigenvalue weighted by Gasteiger charge is -2.08. The Morgan fingerprint density at radius 1 is 1.21 bits per heavy atom. The molecule has 0 spiro atoms. The number of phenols is 1. The summed E-state index contributed by atoms with van der Waals surface area (Å²) in [4.78, 5) is 0.207. The van der Waals surface area contributed by atoms with Crippen molar-refractivity contribution in [2.24, 2.45) is 0 Å². The van der Waals surface area contributed by atoms with Gasteiger partial charge in [-0.3, -0.25) is 4.21 Å². The molecular weight excluding hydrogens is 200 g/mol. The van der Waals surface area contributed by atoms with E-state index in [1.807, 2.05) is 0 Å². The summed E-state index contributed by atoms with van der Waals surface area (Å²) in [5, 5.41) is 10.6. The van der Waals surface area contributed by atoms with Crippen molar-refractivity contribution in [3.05, 3.63) is 36.4 Å². The average molecular weight is 207 g/mol. The van der Waals surface area contributed by atoms with Gasteiger partial charge >= 0.3 is 0 Å². The highest BCUT2D eigenvalue weighted by atomic mass is 32.2. The fourth-order valence-electron chi connectivity index (χ4n) is 1.38. The summed E-state index contributed by atoms with van der Waals surface area (Å²) in [5.41, 5.74) is 0. The van der Waals surface area contributed by atoms with Gasteiger partial charge in [0.15, 0.2) is 0 Å². The van der Waals surface area contributed by atoms with Crippen LogP contribution in [-0.4, -0.2) is 13.9 Å². The van der Waals surface area contributed by atoms with Crippen LogP contribution in [0.15, 0.2) is 41.3 Å². The summed E-state index contributed by atoms with van der Waals surface area (Å²) in [6.07, 6.45) is 0. The van der Waals surface area contributed by atoms with Crippen LogP contribution >= 0.6 is 0 Å². The highest BCUT2D eigenvalue weighted by molar-refractivity contribution is 7.79. The molecule has 4 heteroatoms. The summed E-state index contributed by atoms with van der Waals surface area (Å²) < 4.78 is 21.7. The molecule has 0 heterocycles. The maximum absolute atomic E-state index is 10.8. The molecule has 0 aliphatic carbocycles. The Hall–Kier alpha value is -1.39. The van der Waals surface area contributed by atoms with Crippen molar-refractivity contribution >= 4 is 21.9 Å². The lowest BCUT2D eigenvalue weighted by Crippen LogP contribution is -1.89. The van der Waals surface area contributed by atoms with Crippen molar-refractivity contribution in [2.75, 3.05) is 0 Å². The standard InChI is InChI=1S/C10H8O3S/c11-8-5-4-7-2-1-3-10(14(12)13)9(7)6-8/h1-6,11H,(H,12,13)/p-1. The second-order valence-electron chi connectivity index (χ2n) is 2.90. The van der Waals surface area contributed by atoms with Gasteiger partial charge in [0.2, 0.25) is 0 Å². The molecule has 0 amide bonds. The van der Waals surface area contributed by atoms with E-state index in [1.165, 1.54) is 18.2 Å². The predicted octanol–water partition coefficient (Wildman–Crippen LogP) is 1.78. The lowest BCUT2D eigenvalue weighted by atomic mass is 10.1. The minimum Gasteiger partial charge on any atom is -0.768 e. The summed E-state index contributed by atoms with van der Waals surface area (Å²) in [6, 6.07) is 9.63. The summed E-state index contributed by atoms with van der Waals surface area (Å²) in [7, 11) is 0. The minimum absolute atomic E-state index is 0.0652. The van der Waals surface area contributed by atoms with Gasteiger partial charge in [-0.05, 0) is 34.7 Å². The fourth-order valence-corrected chi connectivity index (χ4v) is 1.92. The van der Waals surface area contributed by atoms with Gasteiger partial charge in [-0.1, -0.05) is 18.2 Å². The Bertz CT molecular complexity index is 508. The van der Waals surface area contributed by atoms with E-state index in [2.05, 4.69) is 0 Å². The van der Waals surface area contributed by atoms with Crippen molar-refractivity contribution in [1.29, 1.82) is 0 Å². The van der Waals surface area contributed by atoms with Crippen molar-refractivity contribution in [1.82, 2.24) is 0 Å². The molecule has 0 aliphatic heterocycles. The Labute approximate surface area is 83.3 Å². The van der Waals surface area contributed by atoms with Gasteiger partial charge in [-0.2, -0.15) is 0 Å². The first kappa shape index (κ1) is 9.18. The van der Waals surface area contributed by atoms with E-state index >= 15 is 0 Å². The fraction of sp³-hybridized carbons (Fsp3) is 0. The SMILES string of the molecule is O=S([O-])c1cccc2ccc(O)cc12. The zero-order chi connectivity index (χ0) is 10.1. The zero-order valence-corrected chi connectivity index (χ0v) is 7.95. The molecule has 1 N–H and O–H groups in total. The second kappa shape index (κ2) is 3.40. The van der Waals surface area contributed by atoms with Gasteiger partial charge in [0.25, 0.3) is 0 Å². The van der Waals surface area contributed by atoms with Crippen LogP contribution in [0.25, 0.3) is 10.8 Å². The van der Waals surface area contributed by atoms with Crippen molar-refractivity contribution < 1.29 is 13.9 Å². The number of aromatic hydroxyl groups is 1. The van der Waals surface area contributed by atoms with E-state index in [9.17, 15) is 13.9 Å². The molecule has 1 atom stereocenters. The number of hydrogen-bond donors (Lipinski definition) is 1. The Morgan fingerprint density at radius 3 is 2.71 bits per heavy atom. The molecular formula is C10H7O3S-. The third-order valence-corrected chi connectivity index (χ3v) is 2.72. The Morgan fingerprint density at radius 2 is 2.00 bits per heavy atom. The molecule has 2 aromatic carbocycles. The van der Waals surface area contributed by atoms with Crippen LogP contribution in [0.1, 0.15) is 0 Å². The molecule has 72 valence electrons. The smallest absolute Gasteiger partial charge is 0.116 e. The van der Waals surface area contributed by atoms with Crippen molar-refractivity contribution in [2.45, 2.75) is 4.90 Å². The summed E-state index contributed by atoms with van der Waals surface area (Å²) >= 11 is -2.27. The number of benzene rings is 2. The predicted molar refractivity (Wildman–Crippen MR) is 52.8 cm³/mol. The molecule has 2 rings (SSSR count). The number of fused-ring (bicyclic) bond motifs is 1. The van der Waals surface area contributed by atoms with E-state index in [4.69, 9.17) is 0 Å². The van der Waals surface area contributed by atoms with Crippen LogP contribution in [0.5, 0.6) is 5.75 Å². The molecule has 2 aromatic rings. The lowest BCUT2D eigenvalue weighted by molar-refractivity contribution is 0.476. The average Bonchev–Trinajstić information content (AvgIpc) is 2.16. The molecule has 1 unspecified atom stereocenters. The van der Waals surface area contributed by atoms with Gasteiger partial charge < -0.3 is 9.66 Å². The normalized spacial score (nSPS) is 12.9. The van der Waals surface area contributed by atoms with Crippen LogP contribution in [0.2, 0.25) is 0 Å². The third kappa shape index (κ3) is 1.49. The van der Waals surface area contributed by atoms with Crippen molar-refractivity contribution in [3.63, 3.8) is 0 Å². The molecule has 0 aliphatic rings. The molecule has 0 fully saturated rings. The van der Waals surface area contributed by atoms with Crippen LogP contribution < -0.4 is 0 Å². The number of phenolic OH excluding ortho intramolecular Hbond substituents is 1. The van der Waals surface area contributed by atoms with Crippen LogP contribution in [0, 0.1) is 0 Å². The van der Waals surface area contributed by atoms with E-state index in [0.717, 1.165) is 5.39 Å².